The molecule has 0 bridgehead atoms. The Hall–Kier alpha value is -4.21. The van der Waals surface area contributed by atoms with Crippen molar-refractivity contribution in [2.24, 2.45) is 13.0 Å². The Labute approximate surface area is 210 Å². The lowest BCUT2D eigenvalue weighted by molar-refractivity contribution is -0.156. The summed E-state index contributed by atoms with van der Waals surface area (Å²) < 4.78 is 1.58. The number of rotatable bonds is 7. The van der Waals surface area contributed by atoms with Crippen molar-refractivity contribution in [3.8, 4) is 0 Å². The largest absolute Gasteiger partial charge is 0.384 e. The first kappa shape index (κ1) is 24.9. The molecule has 0 spiro atoms. The minimum Gasteiger partial charge on any atom is -0.384 e. The van der Waals surface area contributed by atoms with E-state index in [0.29, 0.717) is 18.1 Å². The average molecular weight is 490 g/mol. The maximum Gasteiger partial charge on any atom is 0.325 e. The van der Waals surface area contributed by atoms with Crippen molar-refractivity contribution >= 4 is 29.5 Å². The van der Waals surface area contributed by atoms with Gasteiger partial charge in [-0.05, 0) is 43.0 Å². The summed E-state index contributed by atoms with van der Waals surface area (Å²) in [4.78, 5) is 46.6. The summed E-state index contributed by atoms with van der Waals surface area (Å²) >= 11 is 0. The fraction of sp³-hybridized carbons (Fsp3) is 0.346. The predicted octanol–water partition coefficient (Wildman–Crippen LogP) is 2.60. The zero-order chi connectivity index (χ0) is 26.0. The number of aromatic nitrogens is 3. The van der Waals surface area contributed by atoms with Gasteiger partial charge in [-0.25, -0.2) is 9.78 Å². The molecule has 0 radical (unpaired) electrons. The Bertz CT molecular complexity index is 1270. The Balaban J connectivity index is 1.59. The molecule has 0 unspecified atom stereocenters. The van der Waals surface area contributed by atoms with Gasteiger partial charge in [0.25, 0.3) is 5.91 Å². The molecule has 0 aliphatic carbocycles. The molecule has 10 heteroatoms. The molecule has 1 saturated heterocycles. The Morgan fingerprint density at radius 3 is 2.53 bits per heavy atom. The van der Waals surface area contributed by atoms with E-state index in [1.807, 2.05) is 38.1 Å². The third kappa shape index (κ3) is 4.93. The average Bonchev–Trinajstić information content (AvgIpc) is 3.30. The third-order valence-corrected chi connectivity index (χ3v) is 6.55. The van der Waals surface area contributed by atoms with E-state index in [2.05, 4.69) is 15.4 Å². The number of β-lactam (4-membered cyclic amide) rings is 1. The lowest BCUT2D eigenvalue weighted by Crippen LogP contribution is -2.70. The Kier molecular flexibility index (Phi) is 7.05. The van der Waals surface area contributed by atoms with E-state index in [4.69, 9.17) is 5.73 Å². The maximum atomic E-state index is 13.6. The zero-order valence-electron chi connectivity index (χ0n) is 20.9. The second kappa shape index (κ2) is 10.2. The van der Waals surface area contributed by atoms with Gasteiger partial charge in [0, 0.05) is 32.6 Å². The number of likely N-dealkylation sites (tertiary alicyclic amines) is 1. The van der Waals surface area contributed by atoms with Crippen molar-refractivity contribution in [3.05, 3.63) is 71.5 Å². The van der Waals surface area contributed by atoms with Crippen molar-refractivity contribution in [2.75, 3.05) is 17.7 Å². The van der Waals surface area contributed by atoms with Crippen LogP contribution in [0.25, 0.3) is 0 Å². The van der Waals surface area contributed by atoms with Crippen molar-refractivity contribution in [2.45, 2.75) is 38.8 Å². The van der Waals surface area contributed by atoms with Gasteiger partial charge < -0.3 is 11.1 Å². The molecule has 36 heavy (non-hydrogen) atoms. The number of anilines is 2. The van der Waals surface area contributed by atoms with Crippen molar-refractivity contribution in [1.29, 1.82) is 0 Å². The minimum absolute atomic E-state index is 0.261. The van der Waals surface area contributed by atoms with Gasteiger partial charge in [-0.1, -0.05) is 36.8 Å². The predicted molar refractivity (Wildman–Crippen MR) is 136 cm³/mol. The Morgan fingerprint density at radius 2 is 1.92 bits per heavy atom. The second-order valence-electron chi connectivity index (χ2n) is 9.12. The number of nitrogens with zero attached hydrogens (tertiary/aromatic N) is 5. The van der Waals surface area contributed by atoms with Crippen molar-refractivity contribution in [1.82, 2.24) is 25.0 Å². The van der Waals surface area contributed by atoms with E-state index in [0.717, 1.165) is 21.6 Å². The molecule has 4 rings (SSSR count). The number of hydrogen-bond acceptors (Lipinski definition) is 6. The molecule has 2 aromatic heterocycles. The van der Waals surface area contributed by atoms with Crippen LogP contribution in [0.3, 0.4) is 0 Å². The van der Waals surface area contributed by atoms with Gasteiger partial charge in [0.2, 0.25) is 5.91 Å². The third-order valence-electron chi connectivity index (χ3n) is 6.55. The number of nitrogens with one attached hydrogen (secondary N) is 1. The van der Waals surface area contributed by atoms with Gasteiger partial charge in [0.1, 0.15) is 11.9 Å². The zero-order valence-corrected chi connectivity index (χ0v) is 20.9. The smallest absolute Gasteiger partial charge is 0.325 e. The van der Waals surface area contributed by atoms with Crippen molar-refractivity contribution in [3.63, 3.8) is 0 Å². The number of benzene rings is 1. The summed E-state index contributed by atoms with van der Waals surface area (Å²) in [5.74, 6) is -0.754. The van der Waals surface area contributed by atoms with Crippen LogP contribution in [-0.4, -0.2) is 50.6 Å². The number of urea groups is 1. The molecule has 10 nitrogen and oxygen atoms in total. The van der Waals surface area contributed by atoms with Crippen LogP contribution < -0.4 is 16.0 Å². The summed E-state index contributed by atoms with van der Waals surface area (Å²) in [6, 6.07) is 11.1. The van der Waals surface area contributed by atoms with Crippen LogP contribution in [0.15, 0.2) is 54.9 Å². The van der Waals surface area contributed by atoms with E-state index in [-0.39, 0.29) is 18.4 Å². The van der Waals surface area contributed by atoms with Crippen LogP contribution >= 0.6 is 0 Å². The second-order valence-corrected chi connectivity index (χ2v) is 9.12. The van der Waals surface area contributed by atoms with Gasteiger partial charge in [-0.2, -0.15) is 5.10 Å². The van der Waals surface area contributed by atoms with Crippen LogP contribution in [-0.2, 0) is 23.1 Å². The van der Waals surface area contributed by atoms with Crippen molar-refractivity contribution < 1.29 is 14.4 Å². The molecule has 3 aromatic rings. The number of nitrogen functional groups attached to an aromatic ring is 1. The maximum absolute atomic E-state index is 13.6. The molecule has 1 aliphatic rings. The van der Waals surface area contributed by atoms with E-state index < -0.39 is 23.9 Å². The lowest BCUT2D eigenvalue weighted by atomic mass is 9.81. The van der Waals surface area contributed by atoms with Crippen LogP contribution in [0.1, 0.15) is 36.1 Å². The molecular weight excluding hydrogens is 458 g/mol. The summed E-state index contributed by atoms with van der Waals surface area (Å²) in [5.41, 5.74) is 8.62. The first-order valence-electron chi connectivity index (χ1n) is 11.9. The fourth-order valence-corrected chi connectivity index (χ4v) is 4.46. The lowest BCUT2D eigenvalue weighted by Gasteiger charge is -2.45. The number of imide groups is 1. The molecule has 1 aliphatic heterocycles. The van der Waals surface area contributed by atoms with Gasteiger partial charge in [0.15, 0.2) is 5.82 Å². The number of carbonyl (C=O) groups excluding carboxylic acids is 3. The quantitative estimate of drug-likeness (QED) is 0.491. The van der Waals surface area contributed by atoms with E-state index in [1.54, 1.807) is 49.4 Å². The van der Waals surface area contributed by atoms with Gasteiger partial charge in [0.05, 0.1) is 12.0 Å². The van der Waals surface area contributed by atoms with E-state index in [1.165, 1.54) is 4.90 Å². The molecule has 3 heterocycles. The molecule has 188 valence electrons. The van der Waals surface area contributed by atoms with E-state index in [9.17, 15) is 14.4 Å². The number of nitrogens with two attached hydrogens (primary N) is 1. The number of aryl methyl sites for hydroxylation is 2. The highest BCUT2D eigenvalue weighted by Crippen LogP contribution is 2.33. The van der Waals surface area contributed by atoms with Crippen LogP contribution in [0.4, 0.5) is 16.4 Å². The standard InChI is InChI=1S/C26H31N7O3/c1-5-20(18-8-6-16(2)7-9-18)29-26(36)33-23(25(35)32(4)22-11-13-31(3)30-22)19(24(33)34)14-17-10-12-28-21(27)15-17/h6-13,15,19-20,23H,5,14H2,1-4H3,(H2,27,28)(H,29,36)/t19-,20-,23+/m1/s1. The molecule has 4 amide bonds. The van der Waals surface area contributed by atoms with Crippen LogP contribution in [0, 0.1) is 12.8 Å². The fourth-order valence-electron chi connectivity index (χ4n) is 4.46. The normalized spacial score (nSPS) is 17.9. The molecule has 1 aromatic carbocycles. The Morgan fingerprint density at radius 1 is 1.19 bits per heavy atom. The summed E-state index contributed by atoms with van der Waals surface area (Å²) in [6.07, 6.45) is 4.17. The highest BCUT2D eigenvalue weighted by Gasteiger charge is 2.55. The highest BCUT2D eigenvalue weighted by molar-refractivity contribution is 6.12. The molecule has 3 atom stereocenters. The summed E-state index contributed by atoms with van der Waals surface area (Å²) in [6.45, 7) is 3.95. The van der Waals surface area contributed by atoms with Gasteiger partial charge in [-0.3, -0.25) is 24.1 Å². The van der Waals surface area contributed by atoms with Crippen LogP contribution in [0.5, 0.6) is 0 Å². The number of carbonyl (C=O) groups is 3. The van der Waals surface area contributed by atoms with Gasteiger partial charge >= 0.3 is 6.03 Å². The molecular formula is C26H31N7O3. The molecule has 1 fully saturated rings. The number of pyridine rings is 1. The number of likely N-dealkylation sites (N-methyl/N-ethyl adjacent to an activating group) is 1. The van der Waals surface area contributed by atoms with Crippen LogP contribution in [0.2, 0.25) is 0 Å². The monoisotopic (exact) mass is 489 g/mol. The number of hydrogen-bond donors (Lipinski definition) is 2. The van der Waals surface area contributed by atoms with Gasteiger partial charge in [-0.15, -0.1) is 0 Å². The van der Waals surface area contributed by atoms with E-state index >= 15 is 0 Å². The number of amides is 4. The molecule has 0 saturated carbocycles. The minimum atomic E-state index is -0.977. The SMILES string of the molecule is CC[C@@H](NC(=O)N1C(=O)[C@H](Cc2ccnc(N)c2)[C@H]1C(=O)N(C)c1ccn(C)n1)c1ccc(C)cc1. The first-order valence-corrected chi connectivity index (χ1v) is 11.9. The molecule has 3 N–H and O–H groups in total. The highest BCUT2D eigenvalue weighted by atomic mass is 16.2. The topological polar surface area (TPSA) is 126 Å². The summed E-state index contributed by atoms with van der Waals surface area (Å²) in [5, 5.41) is 7.23. The first-order chi connectivity index (χ1) is 17.2. The summed E-state index contributed by atoms with van der Waals surface area (Å²) in [7, 11) is 3.34.